The summed E-state index contributed by atoms with van der Waals surface area (Å²) in [5.41, 5.74) is 7.22. The van der Waals surface area contributed by atoms with E-state index in [1.54, 1.807) is 6.08 Å². The molecule has 0 aliphatic carbocycles. The molecule has 0 saturated heterocycles. The summed E-state index contributed by atoms with van der Waals surface area (Å²) in [6, 6.07) is 18.4. The summed E-state index contributed by atoms with van der Waals surface area (Å²) in [5.74, 6) is -1.22. The van der Waals surface area contributed by atoms with Crippen molar-refractivity contribution in [3.8, 4) is 0 Å². The lowest BCUT2D eigenvalue weighted by atomic mass is 9.90. The molecule has 1 atom stereocenters. The SMILES string of the molecule is C=CCCC[C@H](NC(=O)C(c1ccccc1)c1ccccc1)C(N)=O. The average molecular weight is 336 g/mol. The molecule has 3 N–H and O–H groups in total. The molecular formula is C21H24N2O2. The van der Waals surface area contributed by atoms with Crippen molar-refractivity contribution < 1.29 is 9.59 Å². The molecule has 0 aliphatic rings. The van der Waals surface area contributed by atoms with Gasteiger partial charge < -0.3 is 11.1 Å². The van der Waals surface area contributed by atoms with Gasteiger partial charge in [0.2, 0.25) is 11.8 Å². The number of rotatable bonds is 9. The summed E-state index contributed by atoms with van der Waals surface area (Å²) in [7, 11) is 0. The smallest absolute Gasteiger partial charge is 0.240 e. The molecule has 2 rings (SSSR count). The number of primary amides is 1. The van der Waals surface area contributed by atoms with Crippen molar-refractivity contribution in [2.24, 2.45) is 5.73 Å². The molecule has 130 valence electrons. The fraction of sp³-hybridized carbons (Fsp3) is 0.238. The lowest BCUT2D eigenvalue weighted by Crippen LogP contribution is -2.46. The number of amides is 2. The minimum Gasteiger partial charge on any atom is -0.368 e. The van der Waals surface area contributed by atoms with E-state index in [0.29, 0.717) is 6.42 Å². The molecule has 0 fully saturated rings. The second kappa shape index (κ2) is 9.42. The van der Waals surface area contributed by atoms with Gasteiger partial charge in [-0.25, -0.2) is 0 Å². The van der Waals surface area contributed by atoms with E-state index in [2.05, 4.69) is 11.9 Å². The molecule has 4 heteroatoms. The van der Waals surface area contributed by atoms with E-state index in [0.717, 1.165) is 24.0 Å². The molecule has 0 aromatic heterocycles. The standard InChI is InChI=1S/C21H24N2O2/c1-2-3-6-15-18(20(22)24)23-21(25)19(16-11-7-4-8-12-16)17-13-9-5-10-14-17/h2,4-5,7-14,18-19H,1,3,6,15H2,(H2,22,24)(H,23,25)/t18-/m0/s1. The minimum absolute atomic E-state index is 0.222. The van der Waals surface area contributed by atoms with Crippen molar-refractivity contribution in [2.45, 2.75) is 31.2 Å². The summed E-state index contributed by atoms with van der Waals surface area (Å²) < 4.78 is 0. The number of benzene rings is 2. The maximum atomic E-state index is 13.0. The molecule has 0 unspecified atom stereocenters. The van der Waals surface area contributed by atoms with Gasteiger partial charge in [0.1, 0.15) is 6.04 Å². The fourth-order valence-electron chi connectivity index (χ4n) is 2.79. The Morgan fingerprint density at radius 1 is 1.00 bits per heavy atom. The average Bonchev–Trinajstić information content (AvgIpc) is 2.63. The van der Waals surface area contributed by atoms with Gasteiger partial charge in [0.25, 0.3) is 0 Å². The van der Waals surface area contributed by atoms with Crippen molar-refractivity contribution in [1.82, 2.24) is 5.32 Å². The molecule has 0 spiro atoms. The van der Waals surface area contributed by atoms with Crippen molar-refractivity contribution in [3.05, 3.63) is 84.4 Å². The van der Waals surface area contributed by atoms with Crippen molar-refractivity contribution >= 4 is 11.8 Å². The van der Waals surface area contributed by atoms with Crippen LogP contribution in [0, 0.1) is 0 Å². The van der Waals surface area contributed by atoms with E-state index in [1.807, 2.05) is 60.7 Å². The van der Waals surface area contributed by atoms with E-state index in [4.69, 9.17) is 5.73 Å². The third-order valence-corrected chi connectivity index (χ3v) is 4.09. The van der Waals surface area contributed by atoms with Crippen LogP contribution in [0.15, 0.2) is 73.3 Å². The third kappa shape index (κ3) is 5.31. The Morgan fingerprint density at radius 2 is 1.52 bits per heavy atom. The quantitative estimate of drug-likeness (QED) is 0.545. The Morgan fingerprint density at radius 3 is 1.96 bits per heavy atom. The first-order valence-electron chi connectivity index (χ1n) is 8.44. The number of nitrogens with one attached hydrogen (secondary N) is 1. The number of hydrogen-bond acceptors (Lipinski definition) is 2. The van der Waals surface area contributed by atoms with E-state index in [-0.39, 0.29) is 5.91 Å². The molecule has 2 aromatic carbocycles. The van der Waals surface area contributed by atoms with E-state index >= 15 is 0 Å². The monoisotopic (exact) mass is 336 g/mol. The lowest BCUT2D eigenvalue weighted by molar-refractivity contribution is -0.127. The molecule has 2 aromatic rings. The highest BCUT2D eigenvalue weighted by atomic mass is 16.2. The van der Waals surface area contributed by atoms with Crippen LogP contribution < -0.4 is 11.1 Å². The second-order valence-electron chi connectivity index (χ2n) is 5.94. The van der Waals surface area contributed by atoms with Crippen LogP contribution in [-0.4, -0.2) is 17.9 Å². The number of allylic oxidation sites excluding steroid dienone is 1. The van der Waals surface area contributed by atoms with Gasteiger partial charge >= 0.3 is 0 Å². The normalized spacial score (nSPS) is 11.7. The topological polar surface area (TPSA) is 72.2 Å². The van der Waals surface area contributed by atoms with Gasteiger partial charge in [0.15, 0.2) is 0 Å². The summed E-state index contributed by atoms with van der Waals surface area (Å²) >= 11 is 0. The number of nitrogens with two attached hydrogens (primary N) is 1. The zero-order valence-corrected chi connectivity index (χ0v) is 14.2. The highest BCUT2D eigenvalue weighted by Gasteiger charge is 2.26. The zero-order chi connectivity index (χ0) is 18.1. The van der Waals surface area contributed by atoms with Crippen LogP contribution in [-0.2, 0) is 9.59 Å². The van der Waals surface area contributed by atoms with Crippen molar-refractivity contribution in [2.75, 3.05) is 0 Å². The Labute approximate surface area is 148 Å². The van der Waals surface area contributed by atoms with Gasteiger partial charge in [-0.15, -0.1) is 6.58 Å². The van der Waals surface area contributed by atoms with Gasteiger partial charge in [0.05, 0.1) is 5.92 Å². The molecule has 2 amide bonds. The Bertz CT molecular complexity index is 659. The van der Waals surface area contributed by atoms with Crippen LogP contribution in [0.3, 0.4) is 0 Å². The Kier molecular flexibility index (Phi) is 6.96. The van der Waals surface area contributed by atoms with Crippen LogP contribution >= 0.6 is 0 Å². The Balaban J connectivity index is 2.23. The van der Waals surface area contributed by atoms with E-state index in [1.165, 1.54) is 0 Å². The highest BCUT2D eigenvalue weighted by Crippen LogP contribution is 2.25. The number of carbonyl (C=O) groups is 2. The first-order valence-corrected chi connectivity index (χ1v) is 8.44. The van der Waals surface area contributed by atoms with E-state index in [9.17, 15) is 9.59 Å². The van der Waals surface area contributed by atoms with E-state index < -0.39 is 17.9 Å². The van der Waals surface area contributed by atoms with Gasteiger partial charge in [-0.2, -0.15) is 0 Å². The first-order chi connectivity index (χ1) is 12.1. The van der Waals surface area contributed by atoms with Gasteiger partial charge in [0, 0.05) is 0 Å². The van der Waals surface area contributed by atoms with Crippen LogP contribution in [0.4, 0.5) is 0 Å². The Hall–Kier alpha value is -2.88. The first kappa shape index (κ1) is 18.5. The maximum absolute atomic E-state index is 13.0. The number of unbranched alkanes of at least 4 members (excludes halogenated alkanes) is 1. The van der Waals surface area contributed by atoms with Gasteiger partial charge in [-0.3, -0.25) is 9.59 Å². The summed E-state index contributed by atoms with van der Waals surface area (Å²) in [4.78, 5) is 24.7. The molecule has 0 bridgehead atoms. The van der Waals surface area contributed by atoms with Gasteiger partial charge in [-0.05, 0) is 30.4 Å². The largest absolute Gasteiger partial charge is 0.368 e. The van der Waals surface area contributed by atoms with Crippen LogP contribution in [0.5, 0.6) is 0 Å². The summed E-state index contributed by atoms with van der Waals surface area (Å²) in [6.07, 6.45) is 3.82. The number of hydrogen-bond donors (Lipinski definition) is 2. The second-order valence-corrected chi connectivity index (χ2v) is 5.94. The number of carbonyl (C=O) groups excluding carboxylic acids is 2. The molecule has 0 heterocycles. The molecule has 0 radical (unpaired) electrons. The molecule has 0 aliphatic heterocycles. The highest BCUT2D eigenvalue weighted by molar-refractivity contribution is 5.91. The van der Waals surface area contributed by atoms with Crippen LogP contribution in [0.1, 0.15) is 36.3 Å². The molecule has 0 saturated carbocycles. The zero-order valence-electron chi connectivity index (χ0n) is 14.2. The van der Waals surface area contributed by atoms with Crippen LogP contribution in [0.25, 0.3) is 0 Å². The van der Waals surface area contributed by atoms with Gasteiger partial charge in [-0.1, -0.05) is 66.7 Å². The lowest BCUT2D eigenvalue weighted by Gasteiger charge is -2.21. The molecular weight excluding hydrogens is 312 g/mol. The van der Waals surface area contributed by atoms with Crippen molar-refractivity contribution in [1.29, 1.82) is 0 Å². The predicted molar refractivity (Wildman–Crippen MR) is 99.9 cm³/mol. The third-order valence-electron chi connectivity index (χ3n) is 4.09. The summed E-state index contributed by atoms with van der Waals surface area (Å²) in [5, 5.41) is 2.82. The summed E-state index contributed by atoms with van der Waals surface area (Å²) in [6.45, 7) is 3.67. The van der Waals surface area contributed by atoms with Crippen LogP contribution in [0.2, 0.25) is 0 Å². The van der Waals surface area contributed by atoms with Crippen molar-refractivity contribution in [3.63, 3.8) is 0 Å². The maximum Gasteiger partial charge on any atom is 0.240 e. The molecule has 25 heavy (non-hydrogen) atoms. The molecule has 4 nitrogen and oxygen atoms in total. The minimum atomic E-state index is -0.678. The fourth-order valence-corrected chi connectivity index (χ4v) is 2.79. The predicted octanol–water partition coefficient (Wildman–Crippen LogP) is 3.14.